The zero-order valence-electron chi connectivity index (χ0n) is 9.49. The van der Waals surface area contributed by atoms with E-state index < -0.39 is 0 Å². The molecule has 0 aromatic carbocycles. The molecule has 0 aliphatic carbocycles. The molecule has 0 spiro atoms. The molecular formula is C11H22N2O. The van der Waals surface area contributed by atoms with Crippen LogP contribution in [0.5, 0.6) is 0 Å². The minimum atomic E-state index is -0.319. The number of likely N-dealkylation sites (tertiary alicyclic amines) is 1. The Labute approximate surface area is 86.6 Å². The summed E-state index contributed by atoms with van der Waals surface area (Å²) < 4.78 is 0. The molecule has 1 aliphatic heterocycles. The van der Waals surface area contributed by atoms with E-state index in [9.17, 15) is 4.79 Å². The van der Waals surface area contributed by atoms with Crippen LogP contribution in [-0.4, -0.2) is 29.9 Å². The summed E-state index contributed by atoms with van der Waals surface area (Å²) in [5, 5.41) is 0. The van der Waals surface area contributed by atoms with Crippen molar-refractivity contribution < 1.29 is 4.79 Å². The first-order valence-corrected chi connectivity index (χ1v) is 5.56. The molecule has 1 amide bonds. The lowest BCUT2D eigenvalue weighted by Gasteiger charge is -2.33. The molecule has 3 nitrogen and oxygen atoms in total. The third kappa shape index (κ3) is 2.71. The lowest BCUT2D eigenvalue weighted by atomic mass is 9.97. The van der Waals surface area contributed by atoms with Crippen LogP contribution in [0, 0.1) is 11.8 Å². The number of carbonyl (C=O) groups excluding carboxylic acids is 1. The first-order valence-electron chi connectivity index (χ1n) is 5.56. The fraction of sp³-hybridized carbons (Fsp3) is 0.909. The fourth-order valence-electron chi connectivity index (χ4n) is 1.89. The van der Waals surface area contributed by atoms with Crippen molar-refractivity contribution >= 4 is 5.91 Å². The van der Waals surface area contributed by atoms with E-state index in [0.29, 0.717) is 5.92 Å². The highest BCUT2D eigenvalue weighted by molar-refractivity contribution is 5.82. The molecule has 1 unspecified atom stereocenters. The van der Waals surface area contributed by atoms with Gasteiger partial charge in [0.1, 0.15) is 0 Å². The molecule has 82 valence electrons. The van der Waals surface area contributed by atoms with Crippen molar-refractivity contribution in [3.05, 3.63) is 0 Å². The Morgan fingerprint density at radius 3 is 2.64 bits per heavy atom. The first kappa shape index (κ1) is 11.5. The highest BCUT2D eigenvalue weighted by Gasteiger charge is 2.26. The maximum Gasteiger partial charge on any atom is 0.239 e. The summed E-state index contributed by atoms with van der Waals surface area (Å²) in [6.07, 6.45) is 2.36. The van der Waals surface area contributed by atoms with Gasteiger partial charge in [0.25, 0.3) is 0 Å². The Balaban J connectivity index is 2.51. The van der Waals surface area contributed by atoms with Gasteiger partial charge in [0.2, 0.25) is 5.91 Å². The second kappa shape index (κ2) is 4.78. The number of amides is 1. The summed E-state index contributed by atoms with van der Waals surface area (Å²) in [6.45, 7) is 7.97. The van der Waals surface area contributed by atoms with E-state index in [4.69, 9.17) is 5.73 Å². The smallest absolute Gasteiger partial charge is 0.239 e. The van der Waals surface area contributed by atoms with E-state index in [1.54, 1.807) is 0 Å². The average Bonchev–Trinajstić information content (AvgIpc) is 2.15. The van der Waals surface area contributed by atoms with Crippen molar-refractivity contribution in [1.29, 1.82) is 0 Å². The van der Waals surface area contributed by atoms with Gasteiger partial charge in [-0.05, 0) is 24.7 Å². The molecule has 2 N–H and O–H groups in total. The van der Waals surface area contributed by atoms with Crippen LogP contribution in [0.2, 0.25) is 0 Å². The van der Waals surface area contributed by atoms with Crippen molar-refractivity contribution in [2.24, 2.45) is 17.6 Å². The van der Waals surface area contributed by atoms with E-state index in [2.05, 4.69) is 6.92 Å². The van der Waals surface area contributed by atoms with E-state index in [0.717, 1.165) is 19.5 Å². The largest absolute Gasteiger partial charge is 0.341 e. The van der Waals surface area contributed by atoms with Gasteiger partial charge >= 0.3 is 0 Å². The number of hydrogen-bond donors (Lipinski definition) is 1. The van der Waals surface area contributed by atoms with Gasteiger partial charge in [-0.2, -0.15) is 0 Å². The standard InChI is InChI=1S/C11H22N2O/c1-8(2)10(12)11(14)13-6-4-5-9(3)7-13/h8-10H,4-7,12H2,1-3H3/t9?,10-/m0/s1. The van der Waals surface area contributed by atoms with E-state index >= 15 is 0 Å². The summed E-state index contributed by atoms with van der Waals surface area (Å²) >= 11 is 0. The minimum absolute atomic E-state index is 0.131. The fourth-order valence-corrected chi connectivity index (χ4v) is 1.89. The van der Waals surface area contributed by atoms with Crippen LogP contribution < -0.4 is 5.73 Å². The number of piperidine rings is 1. The first-order chi connectivity index (χ1) is 6.52. The van der Waals surface area contributed by atoms with Crippen molar-refractivity contribution in [3.8, 4) is 0 Å². The Morgan fingerprint density at radius 1 is 1.50 bits per heavy atom. The Morgan fingerprint density at radius 2 is 2.14 bits per heavy atom. The lowest BCUT2D eigenvalue weighted by molar-refractivity contribution is -0.135. The van der Waals surface area contributed by atoms with Crippen LogP contribution in [0.3, 0.4) is 0 Å². The maximum atomic E-state index is 11.9. The van der Waals surface area contributed by atoms with Gasteiger partial charge in [0.05, 0.1) is 6.04 Å². The number of rotatable bonds is 2. The van der Waals surface area contributed by atoms with Gasteiger partial charge in [0, 0.05) is 13.1 Å². The van der Waals surface area contributed by atoms with Crippen LogP contribution in [0.25, 0.3) is 0 Å². The SMILES string of the molecule is CC1CCCN(C(=O)[C@@H](N)C(C)C)C1. The third-order valence-electron chi connectivity index (χ3n) is 2.97. The zero-order valence-corrected chi connectivity index (χ0v) is 9.49. The average molecular weight is 198 g/mol. The molecule has 1 aliphatic rings. The molecule has 0 radical (unpaired) electrons. The molecule has 0 saturated carbocycles. The molecule has 0 bridgehead atoms. The summed E-state index contributed by atoms with van der Waals surface area (Å²) in [4.78, 5) is 13.8. The predicted octanol–water partition coefficient (Wildman–Crippen LogP) is 1.23. The van der Waals surface area contributed by atoms with Crippen molar-refractivity contribution in [3.63, 3.8) is 0 Å². The second-order valence-corrected chi connectivity index (χ2v) is 4.80. The molecule has 0 aromatic heterocycles. The zero-order chi connectivity index (χ0) is 10.7. The normalized spacial score (nSPS) is 25.2. The van der Waals surface area contributed by atoms with Gasteiger partial charge in [-0.1, -0.05) is 20.8 Å². The van der Waals surface area contributed by atoms with Gasteiger partial charge in [-0.25, -0.2) is 0 Å². The van der Waals surface area contributed by atoms with Crippen molar-refractivity contribution in [2.75, 3.05) is 13.1 Å². The number of nitrogens with two attached hydrogens (primary N) is 1. The highest BCUT2D eigenvalue weighted by atomic mass is 16.2. The Kier molecular flexibility index (Phi) is 3.93. The molecule has 2 atom stereocenters. The molecule has 1 rings (SSSR count). The lowest BCUT2D eigenvalue weighted by Crippen LogP contribution is -2.49. The quantitative estimate of drug-likeness (QED) is 0.725. The summed E-state index contributed by atoms with van der Waals surface area (Å²) in [5.41, 5.74) is 5.85. The van der Waals surface area contributed by atoms with Gasteiger partial charge in [0.15, 0.2) is 0 Å². The molecular weight excluding hydrogens is 176 g/mol. The van der Waals surface area contributed by atoms with E-state index in [-0.39, 0.29) is 17.9 Å². The van der Waals surface area contributed by atoms with Gasteiger partial charge in [-0.3, -0.25) is 4.79 Å². The van der Waals surface area contributed by atoms with Crippen molar-refractivity contribution in [2.45, 2.75) is 39.7 Å². The number of hydrogen-bond acceptors (Lipinski definition) is 2. The van der Waals surface area contributed by atoms with Crippen molar-refractivity contribution in [1.82, 2.24) is 4.90 Å². The van der Waals surface area contributed by atoms with Gasteiger partial charge < -0.3 is 10.6 Å². The topological polar surface area (TPSA) is 46.3 Å². The van der Waals surface area contributed by atoms with Crippen LogP contribution in [-0.2, 0) is 4.79 Å². The summed E-state index contributed by atoms with van der Waals surface area (Å²) in [6, 6.07) is -0.319. The van der Waals surface area contributed by atoms with Crippen LogP contribution in [0.4, 0.5) is 0 Å². The third-order valence-corrected chi connectivity index (χ3v) is 2.97. The summed E-state index contributed by atoms with van der Waals surface area (Å²) in [5.74, 6) is 0.998. The Bertz CT molecular complexity index is 203. The number of nitrogens with zero attached hydrogens (tertiary/aromatic N) is 1. The molecule has 14 heavy (non-hydrogen) atoms. The minimum Gasteiger partial charge on any atom is -0.341 e. The second-order valence-electron chi connectivity index (χ2n) is 4.80. The van der Waals surface area contributed by atoms with E-state index in [1.165, 1.54) is 6.42 Å². The monoisotopic (exact) mass is 198 g/mol. The molecule has 1 heterocycles. The van der Waals surface area contributed by atoms with Crippen LogP contribution >= 0.6 is 0 Å². The Hall–Kier alpha value is -0.570. The molecule has 0 aromatic rings. The van der Waals surface area contributed by atoms with Gasteiger partial charge in [-0.15, -0.1) is 0 Å². The molecule has 1 saturated heterocycles. The summed E-state index contributed by atoms with van der Waals surface area (Å²) in [7, 11) is 0. The predicted molar refractivity (Wildman–Crippen MR) is 57.8 cm³/mol. The molecule has 1 fully saturated rings. The van der Waals surface area contributed by atoms with Crippen LogP contribution in [0.1, 0.15) is 33.6 Å². The maximum absolute atomic E-state index is 11.9. The van der Waals surface area contributed by atoms with E-state index in [1.807, 2.05) is 18.7 Å². The van der Waals surface area contributed by atoms with Crippen LogP contribution in [0.15, 0.2) is 0 Å². The number of carbonyl (C=O) groups is 1. The molecule has 3 heteroatoms. The highest BCUT2D eigenvalue weighted by Crippen LogP contribution is 2.17.